The molecule has 1 fully saturated rings. The minimum absolute atomic E-state index is 0.520. The average Bonchev–Trinajstić information content (AvgIpc) is 2.89. The molecule has 1 aromatic rings. The number of hydrogen-bond donors (Lipinski definition) is 1. The second-order valence-electron chi connectivity index (χ2n) is 5.13. The van der Waals surface area contributed by atoms with Crippen molar-refractivity contribution in [2.45, 2.75) is 24.7 Å². The molecule has 1 aliphatic heterocycles. The van der Waals surface area contributed by atoms with Gasteiger partial charge in [-0.05, 0) is 36.3 Å². The van der Waals surface area contributed by atoms with Crippen molar-refractivity contribution in [3.63, 3.8) is 0 Å². The first-order valence-electron chi connectivity index (χ1n) is 6.36. The third kappa shape index (κ3) is 1.46. The van der Waals surface area contributed by atoms with Crippen LogP contribution in [0.4, 0.5) is 0 Å². The van der Waals surface area contributed by atoms with E-state index in [-0.39, 0.29) is 0 Å². The minimum Gasteiger partial charge on any atom is -0.294 e. The van der Waals surface area contributed by atoms with Crippen molar-refractivity contribution in [3.8, 4) is 12.1 Å². The molecule has 0 saturated carbocycles. The van der Waals surface area contributed by atoms with E-state index in [1.165, 1.54) is 0 Å². The van der Waals surface area contributed by atoms with Crippen LogP contribution >= 0.6 is 11.3 Å². The van der Waals surface area contributed by atoms with E-state index >= 15 is 0 Å². The summed E-state index contributed by atoms with van der Waals surface area (Å²) in [5, 5.41) is 22.9. The fourth-order valence-corrected chi connectivity index (χ4v) is 4.49. The molecule has 5 nitrogen and oxygen atoms in total. The van der Waals surface area contributed by atoms with Crippen molar-refractivity contribution in [1.82, 2.24) is 5.32 Å². The number of carbonyl (C=O) groups excluding carboxylic acids is 2. The van der Waals surface area contributed by atoms with Crippen molar-refractivity contribution >= 4 is 23.2 Å². The van der Waals surface area contributed by atoms with Gasteiger partial charge in [0.1, 0.15) is 11.8 Å². The van der Waals surface area contributed by atoms with Gasteiger partial charge in [0.2, 0.25) is 11.8 Å². The maximum absolute atomic E-state index is 12.0. The molecule has 1 spiro atoms. The zero-order chi connectivity index (χ0) is 14.3. The lowest BCUT2D eigenvalue weighted by Crippen LogP contribution is -2.60. The Hall–Kier alpha value is -2.18. The predicted octanol–water partition coefficient (Wildman–Crippen LogP) is 1.26. The lowest BCUT2D eigenvalue weighted by Gasteiger charge is -2.45. The van der Waals surface area contributed by atoms with Crippen LogP contribution in [0.5, 0.6) is 0 Å². The number of imide groups is 1. The summed E-state index contributed by atoms with van der Waals surface area (Å²) in [6.07, 6.45) is 2.18. The van der Waals surface area contributed by atoms with Gasteiger partial charge in [0.15, 0.2) is 0 Å². The summed E-state index contributed by atoms with van der Waals surface area (Å²) in [6.45, 7) is 0. The SMILES string of the molecule is N#C[C@@H]1C(=O)NC(=O)[C@@H](C#N)C12CCCc1sccc12. The van der Waals surface area contributed by atoms with E-state index in [4.69, 9.17) is 0 Å². The summed E-state index contributed by atoms with van der Waals surface area (Å²) in [7, 11) is 0. The molecule has 2 heterocycles. The number of rotatable bonds is 0. The van der Waals surface area contributed by atoms with E-state index in [9.17, 15) is 20.1 Å². The van der Waals surface area contributed by atoms with Gasteiger partial charge in [-0.2, -0.15) is 10.5 Å². The summed E-state index contributed by atoms with van der Waals surface area (Å²) < 4.78 is 0. The molecule has 0 radical (unpaired) electrons. The number of hydrogen-bond acceptors (Lipinski definition) is 5. The van der Waals surface area contributed by atoms with E-state index in [0.29, 0.717) is 6.42 Å². The van der Waals surface area contributed by atoms with Crippen molar-refractivity contribution in [2.75, 3.05) is 0 Å². The van der Waals surface area contributed by atoms with Crippen LogP contribution in [0.3, 0.4) is 0 Å². The first kappa shape index (κ1) is 12.8. The number of carbonyl (C=O) groups is 2. The quantitative estimate of drug-likeness (QED) is 0.726. The molecule has 1 aromatic heterocycles. The molecule has 6 heteroatoms. The molecule has 0 unspecified atom stereocenters. The zero-order valence-corrected chi connectivity index (χ0v) is 11.4. The van der Waals surface area contributed by atoms with Crippen LogP contribution in [0.2, 0.25) is 0 Å². The molecule has 1 N–H and O–H groups in total. The summed E-state index contributed by atoms with van der Waals surface area (Å²) in [5.41, 5.74) is -0.133. The van der Waals surface area contributed by atoms with Crippen LogP contribution in [-0.2, 0) is 21.4 Å². The third-order valence-corrected chi connectivity index (χ3v) is 5.28. The largest absolute Gasteiger partial charge is 0.294 e. The Morgan fingerprint density at radius 3 is 2.50 bits per heavy atom. The van der Waals surface area contributed by atoms with Gasteiger partial charge in [0.05, 0.1) is 12.1 Å². The van der Waals surface area contributed by atoms with Gasteiger partial charge in [0, 0.05) is 10.3 Å². The van der Waals surface area contributed by atoms with Gasteiger partial charge in [-0.3, -0.25) is 14.9 Å². The number of amides is 2. The number of thiophene rings is 1. The average molecular weight is 285 g/mol. The van der Waals surface area contributed by atoms with Gasteiger partial charge in [-0.1, -0.05) is 0 Å². The van der Waals surface area contributed by atoms with E-state index in [1.54, 1.807) is 11.3 Å². The maximum Gasteiger partial charge on any atom is 0.244 e. The van der Waals surface area contributed by atoms with Crippen molar-refractivity contribution in [3.05, 3.63) is 21.9 Å². The lowest BCUT2D eigenvalue weighted by molar-refractivity contribution is -0.141. The van der Waals surface area contributed by atoms with E-state index in [1.807, 2.05) is 23.6 Å². The summed E-state index contributed by atoms with van der Waals surface area (Å²) in [6, 6.07) is 5.90. The Bertz CT molecular complexity index is 647. The summed E-state index contributed by atoms with van der Waals surface area (Å²) in [4.78, 5) is 25.2. The maximum atomic E-state index is 12.0. The Morgan fingerprint density at radius 1 is 1.25 bits per heavy atom. The molecular formula is C14H11N3O2S. The fraction of sp³-hybridized carbons (Fsp3) is 0.429. The van der Waals surface area contributed by atoms with Crippen molar-refractivity contribution in [2.24, 2.45) is 11.8 Å². The Morgan fingerprint density at radius 2 is 1.90 bits per heavy atom. The topological polar surface area (TPSA) is 93.8 Å². The van der Waals surface area contributed by atoms with Gasteiger partial charge in [0.25, 0.3) is 0 Å². The number of aryl methyl sites for hydroxylation is 1. The molecule has 2 aliphatic rings. The Labute approximate surface area is 119 Å². The highest BCUT2D eigenvalue weighted by Crippen LogP contribution is 2.51. The molecule has 3 rings (SSSR count). The number of nitrogens with zero attached hydrogens (tertiary/aromatic N) is 2. The van der Waals surface area contributed by atoms with Gasteiger partial charge in [-0.25, -0.2) is 0 Å². The number of piperidine rings is 1. The normalized spacial score (nSPS) is 27.3. The van der Waals surface area contributed by atoms with Gasteiger partial charge in [-0.15, -0.1) is 11.3 Å². The standard InChI is InChI=1S/C14H11N3O2S/c15-6-9-12(18)17-13(19)10(7-16)14(9)4-1-2-11-8(14)3-5-20-11/h3,5,9-10H,1-2,4H2,(H,17,18,19)/t9-,10-/m1/s1. The predicted molar refractivity (Wildman–Crippen MR) is 70.3 cm³/mol. The third-order valence-electron chi connectivity index (χ3n) is 4.30. The smallest absolute Gasteiger partial charge is 0.244 e. The second-order valence-corrected chi connectivity index (χ2v) is 6.13. The van der Waals surface area contributed by atoms with Crippen LogP contribution < -0.4 is 5.32 Å². The summed E-state index contributed by atoms with van der Waals surface area (Å²) >= 11 is 1.56. The van der Waals surface area contributed by atoms with E-state index in [2.05, 4.69) is 5.32 Å². The Balaban J connectivity index is 2.27. The number of nitrogens with one attached hydrogen (secondary N) is 1. The molecular weight excluding hydrogens is 274 g/mol. The molecule has 0 aromatic carbocycles. The fourth-order valence-electron chi connectivity index (χ4n) is 3.47. The molecule has 0 bridgehead atoms. The van der Waals surface area contributed by atoms with Crippen molar-refractivity contribution < 1.29 is 9.59 Å². The first-order valence-corrected chi connectivity index (χ1v) is 7.24. The molecule has 1 saturated heterocycles. The minimum atomic E-state index is -0.988. The number of fused-ring (bicyclic) bond motifs is 2. The zero-order valence-electron chi connectivity index (χ0n) is 10.5. The molecule has 1 aliphatic carbocycles. The van der Waals surface area contributed by atoms with Crippen LogP contribution in [0.1, 0.15) is 23.3 Å². The van der Waals surface area contributed by atoms with E-state index < -0.39 is 29.1 Å². The Kier molecular flexibility index (Phi) is 2.84. The van der Waals surface area contributed by atoms with Gasteiger partial charge < -0.3 is 0 Å². The first-order chi connectivity index (χ1) is 9.65. The molecule has 2 atom stereocenters. The van der Waals surface area contributed by atoms with Crippen LogP contribution in [0.15, 0.2) is 11.4 Å². The molecule has 2 amide bonds. The van der Waals surface area contributed by atoms with Gasteiger partial charge >= 0.3 is 0 Å². The highest BCUT2D eigenvalue weighted by molar-refractivity contribution is 7.10. The highest BCUT2D eigenvalue weighted by Gasteiger charge is 2.58. The monoisotopic (exact) mass is 285 g/mol. The highest BCUT2D eigenvalue weighted by atomic mass is 32.1. The molecule has 100 valence electrons. The van der Waals surface area contributed by atoms with Crippen LogP contribution in [0.25, 0.3) is 0 Å². The summed E-state index contributed by atoms with van der Waals surface area (Å²) in [5.74, 6) is -3.14. The van der Waals surface area contributed by atoms with E-state index in [0.717, 1.165) is 23.3 Å². The number of nitriles is 2. The molecule has 20 heavy (non-hydrogen) atoms. The second kappa shape index (κ2) is 4.43. The van der Waals surface area contributed by atoms with Crippen LogP contribution in [0, 0.1) is 34.5 Å². The lowest BCUT2D eigenvalue weighted by atomic mass is 9.56. The van der Waals surface area contributed by atoms with Crippen LogP contribution in [-0.4, -0.2) is 11.8 Å². The van der Waals surface area contributed by atoms with Crippen molar-refractivity contribution in [1.29, 1.82) is 10.5 Å².